The van der Waals surface area contributed by atoms with Crippen molar-refractivity contribution < 1.29 is 0 Å². The average molecular weight is 291 g/mol. The Balaban J connectivity index is 1.89. The molecule has 0 radical (unpaired) electrons. The van der Waals surface area contributed by atoms with E-state index >= 15 is 0 Å². The van der Waals surface area contributed by atoms with E-state index < -0.39 is 0 Å². The zero-order valence-electron chi connectivity index (χ0n) is 13.2. The second-order valence-electron chi connectivity index (χ2n) is 6.40. The normalized spacial score (nSPS) is 21.4. The highest BCUT2D eigenvalue weighted by molar-refractivity contribution is 5.46. The number of benzene rings is 1. The van der Waals surface area contributed by atoms with Gasteiger partial charge in [0.25, 0.3) is 0 Å². The lowest BCUT2D eigenvalue weighted by Gasteiger charge is -2.41. The molecule has 3 rings (SSSR count). The summed E-state index contributed by atoms with van der Waals surface area (Å²) in [7, 11) is 0. The highest BCUT2D eigenvalue weighted by Gasteiger charge is 2.33. The SMILES string of the molecule is Cc1ccc(N2CCCC(C)(c3ccccc3)C2)nc1C#N. The van der Waals surface area contributed by atoms with Crippen molar-refractivity contribution in [3.63, 3.8) is 0 Å². The Morgan fingerprint density at radius 1 is 1.18 bits per heavy atom. The number of nitriles is 1. The van der Waals surface area contributed by atoms with Gasteiger partial charge in [0.05, 0.1) is 0 Å². The summed E-state index contributed by atoms with van der Waals surface area (Å²) in [6, 6.07) is 16.9. The van der Waals surface area contributed by atoms with Gasteiger partial charge in [-0.05, 0) is 37.0 Å². The van der Waals surface area contributed by atoms with E-state index in [4.69, 9.17) is 0 Å². The van der Waals surface area contributed by atoms with Gasteiger partial charge in [-0.2, -0.15) is 5.26 Å². The molecule has 0 spiro atoms. The van der Waals surface area contributed by atoms with Gasteiger partial charge in [-0.1, -0.05) is 43.3 Å². The second kappa shape index (κ2) is 5.81. The second-order valence-corrected chi connectivity index (χ2v) is 6.40. The molecule has 1 saturated heterocycles. The minimum absolute atomic E-state index is 0.138. The van der Waals surface area contributed by atoms with Crippen LogP contribution in [0.5, 0.6) is 0 Å². The number of pyridine rings is 1. The smallest absolute Gasteiger partial charge is 0.145 e. The number of aromatic nitrogens is 1. The molecule has 1 aliphatic rings. The number of rotatable bonds is 2. The lowest BCUT2D eigenvalue weighted by molar-refractivity contribution is 0.372. The van der Waals surface area contributed by atoms with Crippen LogP contribution in [0.25, 0.3) is 0 Å². The molecular formula is C19H21N3. The van der Waals surface area contributed by atoms with E-state index in [1.165, 1.54) is 12.0 Å². The molecular weight excluding hydrogens is 270 g/mol. The maximum Gasteiger partial charge on any atom is 0.145 e. The summed E-state index contributed by atoms with van der Waals surface area (Å²) in [5.41, 5.74) is 2.99. The molecule has 22 heavy (non-hydrogen) atoms. The summed E-state index contributed by atoms with van der Waals surface area (Å²) < 4.78 is 0. The number of piperidine rings is 1. The Morgan fingerprint density at radius 3 is 2.68 bits per heavy atom. The molecule has 1 aliphatic heterocycles. The third-order valence-corrected chi connectivity index (χ3v) is 4.68. The third-order valence-electron chi connectivity index (χ3n) is 4.68. The highest BCUT2D eigenvalue weighted by atomic mass is 15.2. The summed E-state index contributed by atoms with van der Waals surface area (Å²) >= 11 is 0. The summed E-state index contributed by atoms with van der Waals surface area (Å²) in [4.78, 5) is 6.85. The van der Waals surface area contributed by atoms with E-state index in [9.17, 15) is 5.26 Å². The Hall–Kier alpha value is -2.34. The van der Waals surface area contributed by atoms with E-state index in [2.05, 4.69) is 53.2 Å². The first kappa shape index (κ1) is 14.6. The van der Waals surface area contributed by atoms with Crippen molar-refractivity contribution in [3.05, 3.63) is 59.3 Å². The van der Waals surface area contributed by atoms with Gasteiger partial charge in [-0.25, -0.2) is 4.98 Å². The van der Waals surface area contributed by atoms with Crippen LogP contribution in [0.4, 0.5) is 5.82 Å². The number of hydrogen-bond acceptors (Lipinski definition) is 3. The number of anilines is 1. The molecule has 112 valence electrons. The monoisotopic (exact) mass is 291 g/mol. The summed E-state index contributed by atoms with van der Waals surface area (Å²) in [5, 5.41) is 9.19. The first-order chi connectivity index (χ1) is 10.6. The van der Waals surface area contributed by atoms with Gasteiger partial charge >= 0.3 is 0 Å². The zero-order chi connectivity index (χ0) is 15.6. The molecule has 0 aliphatic carbocycles. The topological polar surface area (TPSA) is 39.9 Å². The van der Waals surface area contributed by atoms with Crippen LogP contribution in [-0.4, -0.2) is 18.1 Å². The fourth-order valence-electron chi connectivity index (χ4n) is 3.32. The zero-order valence-corrected chi connectivity index (χ0v) is 13.2. The molecule has 2 heterocycles. The molecule has 0 saturated carbocycles. The molecule has 1 aromatic carbocycles. The number of nitrogens with zero attached hydrogens (tertiary/aromatic N) is 3. The van der Waals surface area contributed by atoms with Crippen molar-refractivity contribution in [2.24, 2.45) is 0 Å². The van der Waals surface area contributed by atoms with Gasteiger partial charge in [-0.15, -0.1) is 0 Å². The third kappa shape index (κ3) is 2.69. The molecule has 3 heteroatoms. The quantitative estimate of drug-likeness (QED) is 0.844. The van der Waals surface area contributed by atoms with Gasteiger partial charge in [0.2, 0.25) is 0 Å². The lowest BCUT2D eigenvalue weighted by atomic mass is 9.76. The summed E-state index contributed by atoms with van der Waals surface area (Å²) in [6.45, 7) is 6.20. The van der Waals surface area contributed by atoms with Gasteiger partial charge in [0.15, 0.2) is 0 Å². The highest BCUT2D eigenvalue weighted by Crippen LogP contribution is 2.35. The summed E-state index contributed by atoms with van der Waals surface area (Å²) in [5.74, 6) is 0.920. The van der Waals surface area contributed by atoms with Gasteiger partial charge in [0, 0.05) is 18.5 Å². The molecule has 0 bridgehead atoms. The van der Waals surface area contributed by atoms with Gasteiger partial charge in [-0.3, -0.25) is 0 Å². The molecule has 0 amide bonds. The van der Waals surface area contributed by atoms with E-state index in [-0.39, 0.29) is 5.41 Å². The van der Waals surface area contributed by atoms with Gasteiger partial charge < -0.3 is 4.90 Å². The molecule has 0 N–H and O–H groups in total. The molecule has 2 aromatic rings. The number of aryl methyl sites for hydroxylation is 1. The van der Waals surface area contributed by atoms with Gasteiger partial charge in [0.1, 0.15) is 17.6 Å². The number of hydrogen-bond donors (Lipinski definition) is 0. The minimum Gasteiger partial charge on any atom is -0.356 e. The van der Waals surface area contributed by atoms with Crippen molar-refractivity contribution in [3.8, 4) is 6.07 Å². The van der Waals surface area contributed by atoms with E-state index in [1.807, 2.05) is 19.1 Å². The minimum atomic E-state index is 0.138. The van der Waals surface area contributed by atoms with Crippen LogP contribution in [-0.2, 0) is 5.41 Å². The first-order valence-corrected chi connectivity index (χ1v) is 7.81. The van der Waals surface area contributed by atoms with E-state index in [0.717, 1.165) is 30.9 Å². The fraction of sp³-hybridized carbons (Fsp3) is 0.368. The van der Waals surface area contributed by atoms with Crippen molar-refractivity contribution in [1.29, 1.82) is 5.26 Å². The predicted molar refractivity (Wildman–Crippen MR) is 88.9 cm³/mol. The molecule has 1 unspecified atom stereocenters. The Bertz CT molecular complexity index is 702. The maximum absolute atomic E-state index is 9.19. The largest absolute Gasteiger partial charge is 0.356 e. The first-order valence-electron chi connectivity index (χ1n) is 7.81. The molecule has 3 nitrogen and oxygen atoms in total. The Kier molecular flexibility index (Phi) is 3.85. The van der Waals surface area contributed by atoms with E-state index in [0.29, 0.717) is 5.69 Å². The lowest BCUT2D eigenvalue weighted by Crippen LogP contribution is -2.44. The van der Waals surface area contributed by atoms with Crippen molar-refractivity contribution in [1.82, 2.24) is 4.98 Å². The van der Waals surface area contributed by atoms with Crippen LogP contribution in [0.1, 0.15) is 36.6 Å². The van der Waals surface area contributed by atoms with E-state index in [1.54, 1.807) is 0 Å². The van der Waals surface area contributed by atoms with Crippen LogP contribution in [0.15, 0.2) is 42.5 Å². The Morgan fingerprint density at radius 2 is 1.95 bits per heavy atom. The molecule has 1 atom stereocenters. The molecule has 1 fully saturated rings. The van der Waals surface area contributed by atoms with Crippen molar-refractivity contribution in [2.75, 3.05) is 18.0 Å². The van der Waals surface area contributed by atoms with Crippen molar-refractivity contribution in [2.45, 2.75) is 32.1 Å². The van der Waals surface area contributed by atoms with Crippen LogP contribution >= 0.6 is 0 Å². The van der Waals surface area contributed by atoms with Crippen LogP contribution in [0.3, 0.4) is 0 Å². The average Bonchev–Trinajstić information content (AvgIpc) is 2.56. The Labute approximate surface area is 132 Å². The van der Waals surface area contributed by atoms with Crippen LogP contribution < -0.4 is 4.90 Å². The summed E-state index contributed by atoms with van der Waals surface area (Å²) in [6.07, 6.45) is 2.33. The standard InChI is InChI=1S/C19H21N3/c1-15-9-10-18(21-17(15)13-20)22-12-6-11-19(2,14-22)16-7-4-3-5-8-16/h3-5,7-10H,6,11-12,14H2,1-2H3. The fourth-order valence-corrected chi connectivity index (χ4v) is 3.32. The maximum atomic E-state index is 9.19. The predicted octanol–water partition coefficient (Wildman–Crippen LogP) is 3.82. The van der Waals surface area contributed by atoms with Crippen LogP contribution in [0, 0.1) is 18.3 Å². The van der Waals surface area contributed by atoms with Crippen molar-refractivity contribution >= 4 is 5.82 Å². The van der Waals surface area contributed by atoms with Crippen LogP contribution in [0.2, 0.25) is 0 Å². The molecule has 1 aromatic heterocycles.